The quantitative estimate of drug-likeness (QED) is 0.788. The highest BCUT2D eigenvalue weighted by Gasteiger charge is 2.27. The van der Waals surface area contributed by atoms with E-state index in [2.05, 4.69) is 15.9 Å². The molecule has 1 atom stereocenters. The summed E-state index contributed by atoms with van der Waals surface area (Å²) in [5.74, 6) is 0.916. The zero-order valence-corrected chi connectivity index (χ0v) is 15.1. The topological polar surface area (TPSA) is 57.6 Å². The van der Waals surface area contributed by atoms with Crippen molar-refractivity contribution in [3.05, 3.63) is 28.2 Å². The van der Waals surface area contributed by atoms with E-state index in [-0.39, 0.29) is 17.5 Å². The zero-order chi connectivity index (χ0) is 15.3. The SMILES string of the molecule is CSCCC(C)N(C)S(=O)(=O)c1cc(CO)ccc1Br. The van der Waals surface area contributed by atoms with Gasteiger partial charge in [-0.1, -0.05) is 6.07 Å². The van der Waals surface area contributed by atoms with Gasteiger partial charge in [0, 0.05) is 17.6 Å². The molecule has 7 heteroatoms. The maximum Gasteiger partial charge on any atom is 0.244 e. The monoisotopic (exact) mass is 381 g/mol. The van der Waals surface area contributed by atoms with Crippen molar-refractivity contribution in [1.29, 1.82) is 0 Å². The Bertz CT molecular complexity index is 549. The molecule has 4 nitrogen and oxygen atoms in total. The van der Waals surface area contributed by atoms with Gasteiger partial charge >= 0.3 is 0 Å². The molecule has 1 aromatic rings. The van der Waals surface area contributed by atoms with E-state index >= 15 is 0 Å². The van der Waals surface area contributed by atoms with E-state index in [4.69, 9.17) is 5.11 Å². The number of aliphatic hydroxyl groups is 1. The fourth-order valence-electron chi connectivity index (χ4n) is 1.71. The highest BCUT2D eigenvalue weighted by molar-refractivity contribution is 9.10. The smallest absolute Gasteiger partial charge is 0.244 e. The van der Waals surface area contributed by atoms with Gasteiger partial charge in [0.1, 0.15) is 0 Å². The molecule has 0 bridgehead atoms. The lowest BCUT2D eigenvalue weighted by molar-refractivity contribution is 0.281. The summed E-state index contributed by atoms with van der Waals surface area (Å²) in [4.78, 5) is 0.197. The lowest BCUT2D eigenvalue weighted by Gasteiger charge is -2.24. The molecule has 0 aliphatic heterocycles. The third kappa shape index (κ3) is 4.21. The largest absolute Gasteiger partial charge is 0.392 e. The number of thioether (sulfide) groups is 1. The van der Waals surface area contributed by atoms with E-state index in [1.807, 2.05) is 13.2 Å². The van der Waals surface area contributed by atoms with Crippen LogP contribution in [0.2, 0.25) is 0 Å². The molecule has 1 unspecified atom stereocenters. The zero-order valence-electron chi connectivity index (χ0n) is 11.8. The third-order valence-electron chi connectivity index (χ3n) is 3.20. The van der Waals surface area contributed by atoms with E-state index in [0.29, 0.717) is 10.0 Å². The first-order valence-electron chi connectivity index (χ1n) is 6.20. The van der Waals surface area contributed by atoms with E-state index < -0.39 is 10.0 Å². The van der Waals surface area contributed by atoms with Crippen molar-refractivity contribution in [2.75, 3.05) is 19.1 Å². The second-order valence-corrected chi connectivity index (χ2v) is 8.38. The average molecular weight is 382 g/mol. The molecule has 0 saturated carbocycles. The first-order valence-corrected chi connectivity index (χ1v) is 9.83. The van der Waals surface area contributed by atoms with Crippen molar-refractivity contribution in [1.82, 2.24) is 4.31 Å². The maximum absolute atomic E-state index is 12.6. The second-order valence-electron chi connectivity index (χ2n) is 4.57. The summed E-state index contributed by atoms with van der Waals surface area (Å²) < 4.78 is 27.2. The number of rotatable bonds is 7. The van der Waals surface area contributed by atoms with Crippen molar-refractivity contribution in [3.8, 4) is 0 Å². The lowest BCUT2D eigenvalue weighted by atomic mass is 10.2. The molecule has 0 saturated heterocycles. The molecular weight excluding hydrogens is 362 g/mol. The van der Waals surface area contributed by atoms with Crippen LogP contribution in [0.25, 0.3) is 0 Å². The van der Waals surface area contributed by atoms with Gasteiger partial charge in [-0.25, -0.2) is 8.42 Å². The molecule has 0 radical (unpaired) electrons. The first kappa shape index (κ1) is 18.0. The summed E-state index contributed by atoms with van der Waals surface area (Å²) in [6.07, 6.45) is 2.80. The van der Waals surface area contributed by atoms with Crippen LogP contribution >= 0.6 is 27.7 Å². The van der Waals surface area contributed by atoms with E-state index in [9.17, 15) is 8.42 Å². The summed E-state index contributed by atoms with van der Waals surface area (Å²) >= 11 is 4.97. The van der Waals surface area contributed by atoms with Crippen molar-refractivity contribution in [2.45, 2.75) is 30.9 Å². The normalized spacial score (nSPS) is 13.7. The third-order valence-corrected chi connectivity index (χ3v) is 6.81. The second kappa shape index (κ2) is 7.79. The highest BCUT2D eigenvalue weighted by Crippen LogP contribution is 2.27. The van der Waals surface area contributed by atoms with E-state index in [1.54, 1.807) is 30.9 Å². The van der Waals surface area contributed by atoms with Crippen LogP contribution in [0.1, 0.15) is 18.9 Å². The number of benzene rings is 1. The predicted octanol–water partition coefficient (Wildman–Crippen LogP) is 2.70. The molecule has 0 aromatic heterocycles. The molecule has 1 aromatic carbocycles. The first-order chi connectivity index (χ1) is 9.34. The van der Waals surface area contributed by atoms with Gasteiger partial charge in [-0.2, -0.15) is 16.1 Å². The number of nitrogens with zero attached hydrogens (tertiary/aromatic N) is 1. The Morgan fingerprint density at radius 2 is 2.10 bits per heavy atom. The summed E-state index contributed by atoms with van der Waals surface area (Å²) in [5, 5.41) is 9.16. The highest BCUT2D eigenvalue weighted by atomic mass is 79.9. The number of aliphatic hydroxyl groups excluding tert-OH is 1. The van der Waals surface area contributed by atoms with Crippen LogP contribution in [0.15, 0.2) is 27.6 Å². The Hall–Kier alpha value is -0.0800. The fraction of sp³-hybridized carbons (Fsp3) is 0.538. The Labute approximate surface area is 133 Å². The Morgan fingerprint density at radius 1 is 1.45 bits per heavy atom. The van der Waals surface area contributed by atoms with Gasteiger partial charge in [0.2, 0.25) is 10.0 Å². The number of halogens is 1. The Kier molecular flexibility index (Phi) is 7.00. The molecular formula is C13H20BrNO3S2. The van der Waals surface area contributed by atoms with Gasteiger partial charge in [0.25, 0.3) is 0 Å². The summed E-state index contributed by atoms with van der Waals surface area (Å²) in [5.41, 5.74) is 0.581. The lowest BCUT2D eigenvalue weighted by Crippen LogP contribution is -2.35. The van der Waals surface area contributed by atoms with E-state index in [0.717, 1.165) is 12.2 Å². The molecule has 0 aliphatic rings. The molecule has 114 valence electrons. The van der Waals surface area contributed by atoms with Crippen LogP contribution in [0, 0.1) is 0 Å². The van der Waals surface area contributed by atoms with Crippen molar-refractivity contribution in [2.24, 2.45) is 0 Å². The van der Waals surface area contributed by atoms with Crippen LogP contribution < -0.4 is 0 Å². The average Bonchev–Trinajstić information content (AvgIpc) is 2.44. The maximum atomic E-state index is 12.6. The molecule has 0 heterocycles. The van der Waals surface area contributed by atoms with Gasteiger partial charge in [0.15, 0.2) is 0 Å². The fourth-order valence-corrected chi connectivity index (χ4v) is 4.65. The van der Waals surface area contributed by atoms with Gasteiger partial charge in [-0.3, -0.25) is 0 Å². The van der Waals surface area contributed by atoms with Gasteiger partial charge in [-0.05, 0) is 59.0 Å². The van der Waals surface area contributed by atoms with Gasteiger partial charge < -0.3 is 5.11 Å². The molecule has 0 spiro atoms. The standard InChI is InChI=1S/C13H20BrNO3S2/c1-10(6-7-19-3)15(2)20(17,18)13-8-11(9-16)4-5-12(13)14/h4-5,8,10,16H,6-7,9H2,1-3H3. The minimum atomic E-state index is -3.57. The minimum absolute atomic E-state index is 0.0721. The van der Waals surface area contributed by atoms with E-state index in [1.165, 1.54) is 10.4 Å². The summed E-state index contributed by atoms with van der Waals surface area (Å²) in [7, 11) is -1.97. The summed E-state index contributed by atoms with van der Waals surface area (Å²) in [6, 6.07) is 4.79. The van der Waals surface area contributed by atoms with Crippen molar-refractivity contribution >= 4 is 37.7 Å². The number of hydrogen-bond acceptors (Lipinski definition) is 4. The minimum Gasteiger partial charge on any atom is -0.392 e. The van der Waals surface area contributed by atoms with Crippen LogP contribution in [0.5, 0.6) is 0 Å². The molecule has 0 amide bonds. The van der Waals surface area contributed by atoms with Crippen LogP contribution in [0.4, 0.5) is 0 Å². The van der Waals surface area contributed by atoms with Crippen LogP contribution in [0.3, 0.4) is 0 Å². The molecule has 1 N–H and O–H groups in total. The van der Waals surface area contributed by atoms with Crippen molar-refractivity contribution in [3.63, 3.8) is 0 Å². The van der Waals surface area contributed by atoms with Crippen molar-refractivity contribution < 1.29 is 13.5 Å². The summed E-state index contributed by atoms with van der Waals surface area (Å²) in [6.45, 7) is 1.72. The van der Waals surface area contributed by atoms with Crippen LogP contribution in [-0.2, 0) is 16.6 Å². The van der Waals surface area contributed by atoms with Gasteiger partial charge in [0.05, 0.1) is 11.5 Å². The number of hydrogen-bond donors (Lipinski definition) is 1. The predicted molar refractivity (Wildman–Crippen MR) is 87.5 cm³/mol. The molecule has 0 aliphatic carbocycles. The molecule has 1 rings (SSSR count). The number of sulfonamides is 1. The van der Waals surface area contributed by atoms with Crippen LogP contribution in [-0.4, -0.2) is 42.9 Å². The molecule has 20 heavy (non-hydrogen) atoms. The molecule has 0 fully saturated rings. The Balaban J connectivity index is 3.09. The Morgan fingerprint density at radius 3 is 2.65 bits per heavy atom. The van der Waals surface area contributed by atoms with Gasteiger partial charge in [-0.15, -0.1) is 0 Å².